The van der Waals surface area contributed by atoms with Gasteiger partial charge in [0.25, 0.3) is 0 Å². The molecule has 3 aliphatic rings. The summed E-state index contributed by atoms with van der Waals surface area (Å²) in [6.07, 6.45) is 3.02. The standard InChI is InChI=1S/C18H20N2O2/c19-9-13-1-3-16(4-2-13)18(6-7-18)17(21)20-10-15(11-20)14-5-8-22-12-14/h1-4,14-15H,5-8,10-12H2. The number of hydrogen-bond donors (Lipinski definition) is 0. The molecule has 4 heteroatoms. The zero-order valence-corrected chi connectivity index (χ0v) is 12.6. The summed E-state index contributed by atoms with van der Waals surface area (Å²) in [7, 11) is 0. The van der Waals surface area contributed by atoms with Gasteiger partial charge in [0.05, 0.1) is 17.0 Å². The first-order valence-corrected chi connectivity index (χ1v) is 8.11. The summed E-state index contributed by atoms with van der Waals surface area (Å²) in [4.78, 5) is 14.9. The van der Waals surface area contributed by atoms with Crippen LogP contribution in [0.3, 0.4) is 0 Å². The monoisotopic (exact) mass is 296 g/mol. The van der Waals surface area contributed by atoms with Crippen LogP contribution in [0.2, 0.25) is 0 Å². The highest BCUT2D eigenvalue weighted by atomic mass is 16.5. The first-order chi connectivity index (χ1) is 10.7. The molecule has 0 spiro atoms. The Hall–Kier alpha value is -1.86. The van der Waals surface area contributed by atoms with Crippen LogP contribution in [0, 0.1) is 23.2 Å². The van der Waals surface area contributed by atoms with E-state index in [1.807, 2.05) is 29.2 Å². The van der Waals surface area contributed by atoms with Gasteiger partial charge in [0, 0.05) is 26.3 Å². The van der Waals surface area contributed by atoms with Crippen molar-refractivity contribution < 1.29 is 9.53 Å². The van der Waals surface area contributed by atoms with Gasteiger partial charge >= 0.3 is 0 Å². The highest BCUT2D eigenvalue weighted by Crippen LogP contribution is 2.50. The molecular formula is C18H20N2O2. The summed E-state index contributed by atoms with van der Waals surface area (Å²) >= 11 is 0. The number of hydrogen-bond acceptors (Lipinski definition) is 3. The van der Waals surface area contributed by atoms with Crippen LogP contribution < -0.4 is 0 Å². The quantitative estimate of drug-likeness (QED) is 0.858. The van der Waals surface area contributed by atoms with Crippen LogP contribution in [0.4, 0.5) is 0 Å². The Morgan fingerprint density at radius 1 is 1.23 bits per heavy atom. The third-order valence-corrected chi connectivity index (χ3v) is 5.55. The summed E-state index contributed by atoms with van der Waals surface area (Å²) in [6.45, 7) is 3.54. The molecule has 2 heterocycles. The molecular weight excluding hydrogens is 276 g/mol. The lowest BCUT2D eigenvalue weighted by molar-refractivity contribution is -0.141. The van der Waals surface area contributed by atoms with E-state index >= 15 is 0 Å². The molecule has 1 atom stereocenters. The van der Waals surface area contributed by atoms with Crippen LogP contribution in [0.5, 0.6) is 0 Å². The summed E-state index contributed by atoms with van der Waals surface area (Å²) in [5.41, 5.74) is 1.42. The second kappa shape index (κ2) is 5.10. The first kappa shape index (κ1) is 13.8. The van der Waals surface area contributed by atoms with E-state index < -0.39 is 0 Å². The van der Waals surface area contributed by atoms with Gasteiger partial charge in [-0.2, -0.15) is 5.26 Å². The number of benzene rings is 1. The van der Waals surface area contributed by atoms with E-state index in [4.69, 9.17) is 10.00 Å². The SMILES string of the molecule is N#Cc1ccc(C2(C(=O)N3CC(C4CCOC4)C3)CC2)cc1. The molecule has 1 aliphatic carbocycles. The van der Waals surface area contributed by atoms with Gasteiger partial charge in [0.1, 0.15) is 0 Å². The highest BCUT2D eigenvalue weighted by molar-refractivity contribution is 5.91. The number of likely N-dealkylation sites (tertiary alicyclic amines) is 1. The first-order valence-electron chi connectivity index (χ1n) is 8.11. The zero-order chi connectivity index (χ0) is 15.2. The van der Waals surface area contributed by atoms with Crippen molar-refractivity contribution in [2.75, 3.05) is 26.3 Å². The fraction of sp³-hybridized carbons (Fsp3) is 0.556. The summed E-state index contributed by atoms with van der Waals surface area (Å²) < 4.78 is 5.45. The number of carbonyl (C=O) groups is 1. The van der Waals surface area contributed by atoms with Gasteiger partial charge in [-0.15, -0.1) is 0 Å². The molecule has 0 radical (unpaired) electrons. The van der Waals surface area contributed by atoms with Gasteiger partial charge < -0.3 is 9.64 Å². The van der Waals surface area contributed by atoms with E-state index in [0.717, 1.165) is 51.1 Å². The molecule has 3 fully saturated rings. The third kappa shape index (κ3) is 2.12. The van der Waals surface area contributed by atoms with Gasteiger partial charge in [-0.25, -0.2) is 0 Å². The van der Waals surface area contributed by atoms with E-state index in [9.17, 15) is 4.79 Å². The van der Waals surface area contributed by atoms with Crippen molar-refractivity contribution in [3.8, 4) is 6.07 Å². The molecule has 4 nitrogen and oxygen atoms in total. The van der Waals surface area contributed by atoms with Crippen molar-refractivity contribution in [3.05, 3.63) is 35.4 Å². The molecule has 1 saturated carbocycles. The Morgan fingerprint density at radius 2 is 1.95 bits per heavy atom. The number of nitriles is 1. The van der Waals surface area contributed by atoms with Crippen molar-refractivity contribution in [3.63, 3.8) is 0 Å². The molecule has 1 aromatic carbocycles. The smallest absolute Gasteiger partial charge is 0.233 e. The lowest BCUT2D eigenvalue weighted by Crippen LogP contribution is -2.55. The number of carbonyl (C=O) groups excluding carboxylic acids is 1. The maximum atomic E-state index is 12.9. The van der Waals surface area contributed by atoms with Crippen LogP contribution in [0.15, 0.2) is 24.3 Å². The molecule has 0 aromatic heterocycles. The predicted molar refractivity (Wildman–Crippen MR) is 81.1 cm³/mol. The largest absolute Gasteiger partial charge is 0.381 e. The van der Waals surface area contributed by atoms with E-state index in [1.54, 1.807) is 0 Å². The normalized spacial score (nSPS) is 26.3. The molecule has 1 unspecified atom stereocenters. The molecule has 114 valence electrons. The summed E-state index contributed by atoms with van der Waals surface area (Å²) in [6, 6.07) is 9.66. The number of rotatable bonds is 3. The van der Waals surface area contributed by atoms with Crippen molar-refractivity contribution in [1.29, 1.82) is 5.26 Å². The van der Waals surface area contributed by atoms with Crippen LogP contribution in [-0.2, 0) is 14.9 Å². The van der Waals surface area contributed by atoms with Gasteiger partial charge in [0.2, 0.25) is 5.91 Å². The van der Waals surface area contributed by atoms with Crippen molar-refractivity contribution in [1.82, 2.24) is 4.90 Å². The Balaban J connectivity index is 1.43. The minimum atomic E-state index is -0.300. The minimum Gasteiger partial charge on any atom is -0.381 e. The predicted octanol–water partition coefficient (Wildman–Crippen LogP) is 2.08. The summed E-state index contributed by atoms with van der Waals surface area (Å²) in [5, 5.41) is 8.89. The maximum Gasteiger partial charge on any atom is 0.233 e. The molecule has 22 heavy (non-hydrogen) atoms. The van der Waals surface area contributed by atoms with Gasteiger partial charge in [0.15, 0.2) is 0 Å². The Bertz CT molecular complexity index is 615. The molecule has 1 amide bonds. The fourth-order valence-corrected chi connectivity index (χ4v) is 3.82. The topological polar surface area (TPSA) is 53.3 Å². The molecule has 4 rings (SSSR count). The van der Waals surface area contributed by atoms with Gasteiger partial charge in [-0.1, -0.05) is 12.1 Å². The Morgan fingerprint density at radius 3 is 2.50 bits per heavy atom. The van der Waals surface area contributed by atoms with Gasteiger partial charge in [-0.05, 0) is 48.8 Å². The van der Waals surface area contributed by atoms with E-state index in [0.29, 0.717) is 17.4 Å². The lowest BCUT2D eigenvalue weighted by atomic mass is 9.83. The maximum absolute atomic E-state index is 12.9. The van der Waals surface area contributed by atoms with Crippen LogP contribution in [-0.4, -0.2) is 37.1 Å². The molecule has 0 N–H and O–H groups in total. The number of amides is 1. The Kier molecular flexibility index (Phi) is 3.19. The van der Waals surface area contributed by atoms with Crippen molar-refractivity contribution in [2.45, 2.75) is 24.7 Å². The zero-order valence-electron chi connectivity index (χ0n) is 12.6. The number of ether oxygens (including phenoxy) is 1. The van der Waals surface area contributed by atoms with E-state index in [1.165, 1.54) is 0 Å². The van der Waals surface area contributed by atoms with Crippen molar-refractivity contribution in [2.24, 2.45) is 11.8 Å². The molecule has 2 aliphatic heterocycles. The van der Waals surface area contributed by atoms with Crippen LogP contribution >= 0.6 is 0 Å². The Labute approximate surface area is 130 Å². The lowest BCUT2D eigenvalue weighted by Gasteiger charge is -2.43. The van der Waals surface area contributed by atoms with E-state index in [2.05, 4.69) is 6.07 Å². The third-order valence-electron chi connectivity index (χ3n) is 5.55. The van der Waals surface area contributed by atoms with E-state index in [-0.39, 0.29) is 11.3 Å². The average molecular weight is 296 g/mol. The molecule has 0 bridgehead atoms. The van der Waals surface area contributed by atoms with Crippen LogP contribution in [0.1, 0.15) is 30.4 Å². The second-order valence-corrected chi connectivity index (χ2v) is 6.87. The van der Waals surface area contributed by atoms with Crippen LogP contribution in [0.25, 0.3) is 0 Å². The number of nitrogens with zero attached hydrogens (tertiary/aromatic N) is 2. The molecule has 2 saturated heterocycles. The fourth-order valence-electron chi connectivity index (χ4n) is 3.82. The summed E-state index contributed by atoms with van der Waals surface area (Å²) in [5.74, 6) is 1.56. The highest BCUT2D eigenvalue weighted by Gasteiger charge is 2.55. The van der Waals surface area contributed by atoms with Crippen molar-refractivity contribution >= 4 is 5.91 Å². The van der Waals surface area contributed by atoms with Gasteiger partial charge in [-0.3, -0.25) is 4.79 Å². The second-order valence-electron chi connectivity index (χ2n) is 6.87. The average Bonchev–Trinajstić information content (AvgIpc) is 3.16. The minimum absolute atomic E-state index is 0.285. The molecule has 1 aromatic rings.